The second-order valence-electron chi connectivity index (χ2n) is 5.01. The maximum Gasteiger partial charge on any atom is 0.332 e. The second kappa shape index (κ2) is 7.99. The number of piperidine rings is 1. The Morgan fingerprint density at radius 3 is 2.79 bits per heavy atom. The fourth-order valence-electron chi connectivity index (χ4n) is 2.44. The lowest BCUT2D eigenvalue weighted by molar-refractivity contribution is -0.146. The number of aliphatic hydroxyl groups excluding tert-OH is 1. The van der Waals surface area contributed by atoms with E-state index in [-0.39, 0.29) is 19.0 Å². The number of carbonyl (C=O) groups is 2. The van der Waals surface area contributed by atoms with Gasteiger partial charge in [-0.3, -0.25) is 0 Å². The van der Waals surface area contributed by atoms with Crippen molar-refractivity contribution in [2.75, 3.05) is 13.1 Å². The van der Waals surface area contributed by atoms with Gasteiger partial charge in [0.15, 0.2) is 6.10 Å². The molecule has 0 aromatic rings. The standard InChI is InChI=1S/C13H24N2O4/c1-2-5-10-6-3-4-9-15(10)13(19)14-8-7-11(16)12(17)18/h10-11,16H,2-9H2,1H3,(H,14,19)(H,17,18). The Kier molecular flexibility index (Phi) is 6.62. The minimum absolute atomic E-state index is 0.0351. The third kappa shape index (κ3) is 5.06. The van der Waals surface area contributed by atoms with E-state index in [0.717, 1.165) is 38.6 Å². The van der Waals surface area contributed by atoms with E-state index in [1.807, 2.05) is 4.90 Å². The highest BCUT2D eigenvalue weighted by molar-refractivity contribution is 5.75. The summed E-state index contributed by atoms with van der Waals surface area (Å²) in [5.41, 5.74) is 0. The number of carbonyl (C=O) groups excluding carboxylic acids is 1. The number of rotatable bonds is 6. The number of aliphatic hydroxyl groups is 1. The molecule has 6 nitrogen and oxygen atoms in total. The van der Waals surface area contributed by atoms with Gasteiger partial charge in [0.1, 0.15) is 0 Å². The van der Waals surface area contributed by atoms with Crippen LogP contribution in [-0.2, 0) is 4.79 Å². The van der Waals surface area contributed by atoms with Gasteiger partial charge in [-0.15, -0.1) is 0 Å². The molecule has 0 aliphatic carbocycles. The summed E-state index contributed by atoms with van der Waals surface area (Å²) < 4.78 is 0. The van der Waals surface area contributed by atoms with Crippen LogP contribution in [0.5, 0.6) is 0 Å². The van der Waals surface area contributed by atoms with Gasteiger partial charge in [0.25, 0.3) is 0 Å². The highest BCUT2D eigenvalue weighted by Crippen LogP contribution is 2.20. The highest BCUT2D eigenvalue weighted by atomic mass is 16.4. The van der Waals surface area contributed by atoms with E-state index in [9.17, 15) is 9.59 Å². The van der Waals surface area contributed by atoms with Crippen LogP contribution in [0.15, 0.2) is 0 Å². The van der Waals surface area contributed by atoms with E-state index in [1.165, 1.54) is 0 Å². The van der Waals surface area contributed by atoms with Crippen molar-refractivity contribution in [2.24, 2.45) is 0 Å². The summed E-state index contributed by atoms with van der Waals surface area (Å²) >= 11 is 0. The number of aliphatic carboxylic acids is 1. The van der Waals surface area contributed by atoms with Gasteiger partial charge in [0.05, 0.1) is 0 Å². The third-order valence-corrected chi connectivity index (χ3v) is 3.49. The van der Waals surface area contributed by atoms with Gasteiger partial charge in [-0.25, -0.2) is 9.59 Å². The van der Waals surface area contributed by atoms with Crippen molar-refractivity contribution < 1.29 is 19.8 Å². The monoisotopic (exact) mass is 272 g/mol. The van der Waals surface area contributed by atoms with Crippen LogP contribution in [0.4, 0.5) is 4.79 Å². The van der Waals surface area contributed by atoms with Crippen molar-refractivity contribution >= 4 is 12.0 Å². The quantitative estimate of drug-likeness (QED) is 0.677. The molecule has 2 atom stereocenters. The van der Waals surface area contributed by atoms with Gasteiger partial charge < -0.3 is 20.4 Å². The normalized spacial score (nSPS) is 20.9. The average molecular weight is 272 g/mol. The summed E-state index contributed by atoms with van der Waals surface area (Å²) in [5.74, 6) is -1.25. The molecule has 0 aromatic heterocycles. The van der Waals surface area contributed by atoms with Crippen LogP contribution in [-0.4, -0.2) is 52.3 Å². The lowest BCUT2D eigenvalue weighted by atomic mass is 9.99. The van der Waals surface area contributed by atoms with Gasteiger partial charge in [-0.1, -0.05) is 13.3 Å². The minimum atomic E-state index is -1.41. The molecular weight excluding hydrogens is 248 g/mol. The van der Waals surface area contributed by atoms with E-state index < -0.39 is 12.1 Å². The third-order valence-electron chi connectivity index (χ3n) is 3.49. The van der Waals surface area contributed by atoms with Crippen molar-refractivity contribution in [1.82, 2.24) is 10.2 Å². The summed E-state index contributed by atoms with van der Waals surface area (Å²) in [4.78, 5) is 24.3. The predicted molar refractivity (Wildman–Crippen MR) is 70.9 cm³/mol. The molecule has 1 fully saturated rings. The molecule has 0 spiro atoms. The number of urea groups is 1. The Morgan fingerprint density at radius 1 is 1.42 bits per heavy atom. The van der Waals surface area contributed by atoms with Crippen LogP contribution < -0.4 is 5.32 Å². The summed E-state index contributed by atoms with van der Waals surface area (Å²) in [5, 5.41) is 20.3. The van der Waals surface area contributed by atoms with Crippen molar-refractivity contribution in [1.29, 1.82) is 0 Å². The van der Waals surface area contributed by atoms with Crippen LogP contribution >= 0.6 is 0 Å². The molecule has 3 N–H and O–H groups in total. The molecule has 1 rings (SSSR count). The van der Waals surface area contributed by atoms with E-state index in [0.29, 0.717) is 6.04 Å². The van der Waals surface area contributed by atoms with E-state index in [2.05, 4.69) is 12.2 Å². The first-order valence-electron chi connectivity index (χ1n) is 7.01. The molecular formula is C13H24N2O4. The van der Waals surface area contributed by atoms with E-state index in [4.69, 9.17) is 10.2 Å². The van der Waals surface area contributed by atoms with E-state index >= 15 is 0 Å². The Balaban J connectivity index is 2.36. The molecule has 0 radical (unpaired) electrons. The summed E-state index contributed by atoms with van der Waals surface area (Å²) in [6, 6.07) is 0.152. The molecule has 1 aliphatic rings. The number of amides is 2. The minimum Gasteiger partial charge on any atom is -0.479 e. The SMILES string of the molecule is CCCC1CCCCN1C(=O)NCCC(O)C(=O)O. The Labute approximate surface area is 113 Å². The second-order valence-corrected chi connectivity index (χ2v) is 5.01. The van der Waals surface area contributed by atoms with Gasteiger partial charge in [0, 0.05) is 25.6 Å². The Morgan fingerprint density at radius 2 is 2.16 bits per heavy atom. The van der Waals surface area contributed by atoms with E-state index in [1.54, 1.807) is 0 Å². The average Bonchev–Trinajstić information content (AvgIpc) is 2.39. The van der Waals surface area contributed by atoms with Gasteiger partial charge >= 0.3 is 12.0 Å². The zero-order chi connectivity index (χ0) is 14.3. The Bertz CT molecular complexity index is 307. The van der Waals surface area contributed by atoms with Crippen LogP contribution in [0.1, 0.15) is 45.4 Å². The summed E-state index contributed by atoms with van der Waals surface area (Å²) in [6.45, 7) is 3.05. The summed E-state index contributed by atoms with van der Waals surface area (Å²) in [6.07, 6.45) is 3.90. The molecule has 6 heteroatoms. The molecule has 2 amide bonds. The van der Waals surface area contributed by atoms with Crippen molar-refractivity contribution in [3.05, 3.63) is 0 Å². The molecule has 0 aromatic carbocycles. The number of carboxylic acids is 1. The van der Waals surface area contributed by atoms with Crippen molar-refractivity contribution in [3.8, 4) is 0 Å². The number of nitrogens with zero attached hydrogens (tertiary/aromatic N) is 1. The zero-order valence-corrected chi connectivity index (χ0v) is 11.5. The first kappa shape index (κ1) is 15.8. The molecule has 1 aliphatic heterocycles. The molecule has 19 heavy (non-hydrogen) atoms. The fraction of sp³-hybridized carbons (Fsp3) is 0.846. The fourth-order valence-corrected chi connectivity index (χ4v) is 2.44. The van der Waals surface area contributed by atoms with Crippen molar-refractivity contribution in [2.45, 2.75) is 57.6 Å². The molecule has 2 unspecified atom stereocenters. The lowest BCUT2D eigenvalue weighted by Gasteiger charge is -2.35. The smallest absolute Gasteiger partial charge is 0.332 e. The van der Waals surface area contributed by atoms with Gasteiger partial charge in [-0.2, -0.15) is 0 Å². The largest absolute Gasteiger partial charge is 0.479 e. The first-order valence-corrected chi connectivity index (χ1v) is 7.01. The molecule has 0 saturated carbocycles. The highest BCUT2D eigenvalue weighted by Gasteiger charge is 2.25. The van der Waals surface area contributed by atoms with Crippen LogP contribution in [0.2, 0.25) is 0 Å². The summed E-state index contributed by atoms with van der Waals surface area (Å²) in [7, 11) is 0. The molecule has 1 heterocycles. The lowest BCUT2D eigenvalue weighted by Crippen LogP contribution is -2.49. The van der Waals surface area contributed by atoms with Gasteiger partial charge in [0.2, 0.25) is 0 Å². The molecule has 0 bridgehead atoms. The number of hydrogen-bond acceptors (Lipinski definition) is 3. The maximum atomic E-state index is 12.0. The topological polar surface area (TPSA) is 89.9 Å². The predicted octanol–water partition coefficient (Wildman–Crippen LogP) is 1.19. The van der Waals surface area contributed by atoms with Crippen LogP contribution in [0.3, 0.4) is 0 Å². The number of likely N-dealkylation sites (tertiary alicyclic amines) is 1. The maximum absolute atomic E-state index is 12.0. The zero-order valence-electron chi connectivity index (χ0n) is 11.5. The van der Waals surface area contributed by atoms with Crippen molar-refractivity contribution in [3.63, 3.8) is 0 Å². The number of hydrogen-bond donors (Lipinski definition) is 3. The molecule has 1 saturated heterocycles. The Hall–Kier alpha value is -1.30. The first-order chi connectivity index (χ1) is 9.06. The van der Waals surface area contributed by atoms with Crippen LogP contribution in [0.25, 0.3) is 0 Å². The van der Waals surface area contributed by atoms with Gasteiger partial charge in [-0.05, 0) is 25.7 Å². The number of carboxylic acid groups (broad SMARTS) is 1. The van der Waals surface area contributed by atoms with Crippen LogP contribution in [0, 0.1) is 0 Å². The molecule has 110 valence electrons. The number of nitrogens with one attached hydrogen (secondary N) is 1.